The molecule has 0 saturated carbocycles. The van der Waals surface area contributed by atoms with Crippen molar-refractivity contribution in [2.75, 3.05) is 26.7 Å². The number of benzene rings is 2. The Morgan fingerprint density at radius 2 is 1.72 bits per heavy atom. The Hall–Kier alpha value is -2.17. The quantitative estimate of drug-likeness (QED) is 0.912. The maximum absolute atomic E-state index is 13.3. The van der Waals surface area contributed by atoms with Crippen LogP contribution in [-0.2, 0) is 4.79 Å². The molecule has 1 aliphatic heterocycles. The lowest BCUT2D eigenvalue weighted by molar-refractivity contribution is -0.135. The third-order valence-electron chi connectivity index (χ3n) is 5.19. The minimum atomic E-state index is -0.257. The van der Waals surface area contributed by atoms with Gasteiger partial charge in [0.15, 0.2) is 0 Å². The number of nitrogens with zero attached hydrogens (tertiary/aromatic N) is 2. The van der Waals surface area contributed by atoms with Crippen molar-refractivity contribution in [2.45, 2.75) is 24.9 Å². The number of carbonyl (C=O) groups is 1. The highest BCUT2D eigenvalue weighted by Gasteiger charge is 2.37. The zero-order valence-electron chi connectivity index (χ0n) is 15.0. The van der Waals surface area contributed by atoms with Crippen LogP contribution in [0.15, 0.2) is 60.7 Å². The van der Waals surface area contributed by atoms with Crippen molar-refractivity contribution in [3.63, 3.8) is 0 Å². The van der Waals surface area contributed by atoms with E-state index in [2.05, 4.69) is 24.0 Å². The lowest BCUT2D eigenvalue weighted by Crippen LogP contribution is -2.41. The number of likely N-dealkylation sites (tertiary alicyclic amines) is 1. The molecule has 25 heavy (non-hydrogen) atoms. The lowest BCUT2D eigenvalue weighted by atomic mass is 9.95. The molecule has 0 spiro atoms. The first-order valence-electron chi connectivity index (χ1n) is 8.96. The third-order valence-corrected chi connectivity index (χ3v) is 5.19. The monoisotopic (exact) mass is 337 g/mol. The summed E-state index contributed by atoms with van der Waals surface area (Å²) < 4.78 is 0. The predicted molar refractivity (Wildman–Crippen MR) is 101 cm³/mol. The highest BCUT2D eigenvalue weighted by atomic mass is 16.2. The second-order valence-electron chi connectivity index (χ2n) is 6.81. The number of hydrogen-bond acceptors (Lipinski definition) is 3. The van der Waals surface area contributed by atoms with E-state index in [-0.39, 0.29) is 23.9 Å². The molecule has 2 N–H and O–H groups in total. The molecule has 2 aromatic rings. The number of amides is 1. The Bertz CT molecular complexity index is 689. The molecule has 132 valence electrons. The second-order valence-corrected chi connectivity index (χ2v) is 6.81. The second kappa shape index (κ2) is 7.81. The molecule has 4 heteroatoms. The molecular weight excluding hydrogens is 310 g/mol. The van der Waals surface area contributed by atoms with Crippen LogP contribution in [0.25, 0.3) is 0 Å². The molecule has 1 heterocycles. The summed E-state index contributed by atoms with van der Waals surface area (Å²) in [4.78, 5) is 17.3. The fraction of sp³-hybridized carbons (Fsp3) is 0.381. The van der Waals surface area contributed by atoms with Gasteiger partial charge >= 0.3 is 0 Å². The number of hydrogen-bond donors (Lipinski definition) is 1. The van der Waals surface area contributed by atoms with Crippen molar-refractivity contribution in [2.24, 2.45) is 5.73 Å². The Morgan fingerprint density at radius 3 is 2.32 bits per heavy atom. The summed E-state index contributed by atoms with van der Waals surface area (Å²) in [6.07, 6.45) is 0. The molecule has 0 aromatic heterocycles. The molecule has 0 bridgehead atoms. The van der Waals surface area contributed by atoms with E-state index < -0.39 is 0 Å². The van der Waals surface area contributed by atoms with Gasteiger partial charge in [0.2, 0.25) is 5.91 Å². The molecule has 1 fully saturated rings. The molecule has 1 amide bonds. The summed E-state index contributed by atoms with van der Waals surface area (Å²) in [5, 5.41) is 0. The first-order chi connectivity index (χ1) is 12.1. The van der Waals surface area contributed by atoms with Crippen LogP contribution in [0.2, 0.25) is 0 Å². The van der Waals surface area contributed by atoms with Crippen molar-refractivity contribution < 1.29 is 4.79 Å². The topological polar surface area (TPSA) is 49.6 Å². The van der Waals surface area contributed by atoms with Crippen molar-refractivity contribution in [1.82, 2.24) is 9.80 Å². The predicted octanol–water partition coefficient (Wildman–Crippen LogP) is 2.63. The molecule has 3 rings (SSSR count). The Kier molecular flexibility index (Phi) is 5.51. The highest BCUT2D eigenvalue weighted by Crippen LogP contribution is 2.30. The van der Waals surface area contributed by atoms with Crippen LogP contribution in [-0.4, -0.2) is 48.4 Å². The smallest absolute Gasteiger partial charge is 0.244 e. The van der Waals surface area contributed by atoms with Crippen LogP contribution >= 0.6 is 0 Å². The normalized spacial score (nSPS) is 21.5. The van der Waals surface area contributed by atoms with E-state index in [0.29, 0.717) is 13.1 Å². The summed E-state index contributed by atoms with van der Waals surface area (Å²) in [6, 6.07) is 20.0. The first-order valence-corrected chi connectivity index (χ1v) is 8.96. The Labute approximate surface area is 150 Å². The standard InChI is InChI=1S/C21H27N3O/c1-3-23(2)20(17-12-8-5-9-13-17)21(25)24-14-18(19(22)15-24)16-10-6-4-7-11-16/h4-13,18-20H,3,14-15,22H2,1-2H3/t18-,19+,20?/m0/s1. The van der Waals surface area contributed by atoms with Gasteiger partial charge in [-0.05, 0) is 24.7 Å². The number of likely N-dealkylation sites (N-methyl/N-ethyl adjacent to an activating group) is 1. The SMILES string of the molecule is CCN(C)C(C(=O)N1C[C@@H](N)[C@H](c2ccccc2)C1)c1ccccc1. The zero-order valence-corrected chi connectivity index (χ0v) is 15.0. The van der Waals surface area contributed by atoms with E-state index in [1.807, 2.05) is 60.5 Å². The molecule has 3 atom stereocenters. The maximum Gasteiger partial charge on any atom is 0.244 e. The van der Waals surface area contributed by atoms with Gasteiger partial charge in [0.05, 0.1) is 0 Å². The minimum absolute atomic E-state index is 0.0188. The van der Waals surface area contributed by atoms with E-state index >= 15 is 0 Å². The summed E-state index contributed by atoms with van der Waals surface area (Å²) in [5.41, 5.74) is 8.63. The number of nitrogens with two attached hydrogens (primary N) is 1. The van der Waals surface area contributed by atoms with Gasteiger partial charge in [-0.1, -0.05) is 67.6 Å². The zero-order chi connectivity index (χ0) is 17.8. The van der Waals surface area contributed by atoms with E-state index in [4.69, 9.17) is 5.73 Å². The van der Waals surface area contributed by atoms with Gasteiger partial charge in [-0.15, -0.1) is 0 Å². The molecule has 0 radical (unpaired) electrons. The van der Waals surface area contributed by atoms with Crippen LogP contribution in [0.5, 0.6) is 0 Å². The van der Waals surface area contributed by atoms with Crippen LogP contribution in [0.3, 0.4) is 0 Å². The molecule has 1 saturated heterocycles. The summed E-state index contributed by atoms with van der Waals surface area (Å²) in [7, 11) is 2.00. The molecular formula is C21H27N3O. The van der Waals surface area contributed by atoms with Gasteiger partial charge in [0.25, 0.3) is 0 Å². The van der Waals surface area contributed by atoms with E-state index in [1.165, 1.54) is 5.56 Å². The van der Waals surface area contributed by atoms with Crippen LogP contribution < -0.4 is 5.73 Å². The van der Waals surface area contributed by atoms with Crippen LogP contribution in [0, 0.1) is 0 Å². The summed E-state index contributed by atoms with van der Waals surface area (Å²) >= 11 is 0. The Morgan fingerprint density at radius 1 is 1.12 bits per heavy atom. The van der Waals surface area contributed by atoms with Crippen LogP contribution in [0.4, 0.5) is 0 Å². The van der Waals surface area contributed by atoms with E-state index in [9.17, 15) is 4.79 Å². The van der Waals surface area contributed by atoms with Crippen molar-refractivity contribution >= 4 is 5.91 Å². The highest BCUT2D eigenvalue weighted by molar-refractivity contribution is 5.83. The molecule has 4 nitrogen and oxygen atoms in total. The van der Waals surface area contributed by atoms with Gasteiger partial charge < -0.3 is 10.6 Å². The molecule has 1 unspecified atom stereocenters. The molecule has 1 aliphatic rings. The fourth-order valence-electron chi connectivity index (χ4n) is 3.64. The van der Waals surface area contributed by atoms with Gasteiger partial charge in [0, 0.05) is 25.0 Å². The van der Waals surface area contributed by atoms with Crippen molar-refractivity contribution in [3.8, 4) is 0 Å². The summed E-state index contributed by atoms with van der Waals surface area (Å²) in [5.74, 6) is 0.345. The third kappa shape index (κ3) is 3.75. The minimum Gasteiger partial charge on any atom is -0.339 e. The van der Waals surface area contributed by atoms with E-state index in [1.54, 1.807) is 0 Å². The molecule has 2 aromatic carbocycles. The molecule has 0 aliphatic carbocycles. The summed E-state index contributed by atoms with van der Waals surface area (Å²) in [6.45, 7) is 4.18. The fourth-order valence-corrected chi connectivity index (χ4v) is 3.64. The van der Waals surface area contributed by atoms with Crippen molar-refractivity contribution in [1.29, 1.82) is 0 Å². The van der Waals surface area contributed by atoms with Crippen molar-refractivity contribution in [3.05, 3.63) is 71.8 Å². The number of carbonyl (C=O) groups excluding carboxylic acids is 1. The maximum atomic E-state index is 13.3. The van der Waals surface area contributed by atoms with Gasteiger partial charge in [-0.2, -0.15) is 0 Å². The average molecular weight is 337 g/mol. The van der Waals surface area contributed by atoms with E-state index in [0.717, 1.165) is 12.1 Å². The van der Waals surface area contributed by atoms with Gasteiger partial charge in [-0.25, -0.2) is 0 Å². The average Bonchev–Trinajstić information content (AvgIpc) is 3.05. The van der Waals surface area contributed by atoms with Crippen LogP contribution in [0.1, 0.15) is 30.0 Å². The first kappa shape index (κ1) is 17.6. The largest absolute Gasteiger partial charge is 0.339 e. The lowest BCUT2D eigenvalue weighted by Gasteiger charge is -2.30. The number of rotatable bonds is 5. The Balaban J connectivity index is 1.81. The van der Waals surface area contributed by atoms with Gasteiger partial charge in [-0.3, -0.25) is 9.69 Å². The van der Waals surface area contributed by atoms with Gasteiger partial charge in [0.1, 0.15) is 6.04 Å².